The molecule has 1 aliphatic rings. The fourth-order valence-electron chi connectivity index (χ4n) is 2.51. The quantitative estimate of drug-likeness (QED) is 0.882. The zero-order valence-corrected chi connectivity index (χ0v) is 16.3. The second-order valence-corrected chi connectivity index (χ2v) is 9.15. The number of nitrogens with zero attached hydrogens (tertiary/aromatic N) is 1. The minimum atomic E-state index is -0.580. The van der Waals surface area contributed by atoms with Crippen LogP contribution in [-0.4, -0.2) is 47.4 Å². The van der Waals surface area contributed by atoms with E-state index in [1.807, 2.05) is 16.7 Å². The number of nitrogens with one attached hydrogen (secondary N) is 1. The summed E-state index contributed by atoms with van der Waals surface area (Å²) in [7, 11) is 0. The van der Waals surface area contributed by atoms with Crippen LogP contribution >= 0.6 is 23.1 Å². The van der Waals surface area contributed by atoms with E-state index in [0.29, 0.717) is 11.8 Å². The second kappa shape index (κ2) is 8.25. The molecular formula is C17H26N2O3S2. The normalized spacial score (nSPS) is 20.2. The van der Waals surface area contributed by atoms with Crippen molar-refractivity contribution in [2.75, 3.05) is 18.8 Å². The monoisotopic (exact) mass is 370 g/mol. The van der Waals surface area contributed by atoms with Crippen molar-refractivity contribution in [3.05, 3.63) is 22.4 Å². The van der Waals surface area contributed by atoms with Crippen molar-refractivity contribution < 1.29 is 14.3 Å². The van der Waals surface area contributed by atoms with Crippen molar-refractivity contribution in [2.45, 2.75) is 51.0 Å². The van der Waals surface area contributed by atoms with Crippen LogP contribution in [-0.2, 0) is 9.53 Å². The van der Waals surface area contributed by atoms with Gasteiger partial charge in [0.1, 0.15) is 11.6 Å². The molecule has 2 unspecified atom stereocenters. The summed E-state index contributed by atoms with van der Waals surface area (Å²) < 4.78 is 5.21. The maximum atomic E-state index is 12.6. The third-order valence-electron chi connectivity index (χ3n) is 3.62. The van der Waals surface area contributed by atoms with Crippen LogP contribution in [0.5, 0.6) is 0 Å². The molecular weight excluding hydrogens is 344 g/mol. The smallest absolute Gasteiger partial charge is 0.408 e. The number of ether oxygens (including phenoxy) is 1. The lowest BCUT2D eigenvalue weighted by Crippen LogP contribution is -2.48. The number of carbonyl (C=O) groups is 2. The maximum Gasteiger partial charge on any atom is 0.408 e. The van der Waals surface area contributed by atoms with Gasteiger partial charge in [0.2, 0.25) is 5.91 Å². The number of thioether (sulfide) groups is 1. The first-order valence-corrected chi connectivity index (χ1v) is 10.1. The third kappa shape index (κ3) is 5.70. The first-order valence-electron chi connectivity index (χ1n) is 8.19. The van der Waals surface area contributed by atoms with Gasteiger partial charge in [0.15, 0.2) is 0 Å². The van der Waals surface area contributed by atoms with Crippen molar-refractivity contribution in [1.29, 1.82) is 0 Å². The van der Waals surface area contributed by atoms with Crippen LogP contribution in [0.2, 0.25) is 0 Å². The molecule has 0 aromatic carbocycles. The standard InChI is InChI=1S/C17H26N2O3S2/c1-12(18-16(21)22-17(2,3)4)15(20)19-8-7-14(24-11-9-19)13-6-5-10-23-13/h5-6,10,12,14H,7-9,11H2,1-4H3,(H,18,21). The molecule has 0 radical (unpaired) electrons. The predicted octanol–water partition coefficient (Wildman–Crippen LogP) is 3.67. The molecule has 1 aromatic rings. The highest BCUT2D eigenvalue weighted by atomic mass is 32.2. The van der Waals surface area contributed by atoms with Crippen molar-refractivity contribution in [2.24, 2.45) is 0 Å². The molecule has 1 fully saturated rings. The van der Waals surface area contributed by atoms with Gasteiger partial charge in [-0.1, -0.05) is 6.07 Å². The summed E-state index contributed by atoms with van der Waals surface area (Å²) in [6.07, 6.45) is 0.389. The Morgan fingerprint density at radius 2 is 2.12 bits per heavy atom. The number of rotatable bonds is 3. The van der Waals surface area contributed by atoms with E-state index in [-0.39, 0.29) is 5.91 Å². The Balaban J connectivity index is 1.86. The molecule has 0 spiro atoms. The molecule has 134 valence electrons. The number of alkyl carbamates (subject to hydrolysis) is 1. The molecule has 1 aliphatic heterocycles. The summed E-state index contributed by atoms with van der Waals surface area (Å²) in [5.74, 6) is 0.862. The highest BCUT2D eigenvalue weighted by Crippen LogP contribution is 2.36. The van der Waals surface area contributed by atoms with Crippen LogP contribution in [0.3, 0.4) is 0 Å². The molecule has 7 heteroatoms. The number of carbonyl (C=O) groups excluding carboxylic acids is 2. The zero-order valence-electron chi connectivity index (χ0n) is 14.7. The van der Waals surface area contributed by atoms with Gasteiger partial charge >= 0.3 is 6.09 Å². The minimum absolute atomic E-state index is 0.0479. The summed E-state index contributed by atoms with van der Waals surface area (Å²) in [6.45, 7) is 8.54. The molecule has 2 heterocycles. The van der Waals surface area contributed by atoms with E-state index in [1.165, 1.54) is 4.88 Å². The fraction of sp³-hybridized carbons (Fsp3) is 0.647. The highest BCUT2D eigenvalue weighted by molar-refractivity contribution is 7.99. The maximum absolute atomic E-state index is 12.6. The summed E-state index contributed by atoms with van der Waals surface area (Å²) in [6, 6.07) is 3.65. The largest absolute Gasteiger partial charge is 0.444 e. The first-order chi connectivity index (χ1) is 11.3. The van der Waals surface area contributed by atoms with Gasteiger partial charge in [0.25, 0.3) is 0 Å². The third-order valence-corrected chi connectivity index (χ3v) is 6.06. The summed E-state index contributed by atoms with van der Waals surface area (Å²) in [5.41, 5.74) is -0.569. The Morgan fingerprint density at radius 3 is 2.75 bits per heavy atom. The van der Waals surface area contributed by atoms with E-state index in [1.54, 1.807) is 39.0 Å². The molecule has 0 saturated carbocycles. The van der Waals surface area contributed by atoms with E-state index >= 15 is 0 Å². The van der Waals surface area contributed by atoms with Gasteiger partial charge in [-0.05, 0) is 45.6 Å². The van der Waals surface area contributed by atoms with Crippen molar-refractivity contribution in [3.8, 4) is 0 Å². The lowest BCUT2D eigenvalue weighted by Gasteiger charge is -2.26. The van der Waals surface area contributed by atoms with Crippen LogP contribution in [0.4, 0.5) is 4.79 Å². The number of amides is 2. The SMILES string of the molecule is CC(NC(=O)OC(C)(C)C)C(=O)N1CCSC(c2cccs2)CC1. The minimum Gasteiger partial charge on any atom is -0.444 e. The van der Waals surface area contributed by atoms with Gasteiger partial charge in [0.05, 0.1) is 0 Å². The topological polar surface area (TPSA) is 58.6 Å². The Morgan fingerprint density at radius 1 is 1.38 bits per heavy atom. The van der Waals surface area contributed by atoms with E-state index in [9.17, 15) is 9.59 Å². The molecule has 2 atom stereocenters. The molecule has 1 aromatic heterocycles. The predicted molar refractivity (Wildman–Crippen MR) is 99.5 cm³/mol. The van der Waals surface area contributed by atoms with E-state index in [0.717, 1.165) is 18.7 Å². The second-order valence-electron chi connectivity index (χ2n) is 6.86. The fourth-order valence-corrected chi connectivity index (χ4v) is 4.75. The molecule has 24 heavy (non-hydrogen) atoms. The van der Waals surface area contributed by atoms with E-state index in [2.05, 4.69) is 22.8 Å². The van der Waals surface area contributed by atoms with Gasteiger partial charge in [-0.15, -0.1) is 11.3 Å². The molecule has 0 aliphatic carbocycles. The first kappa shape index (κ1) is 19.1. The van der Waals surface area contributed by atoms with Crippen LogP contribution in [0.15, 0.2) is 17.5 Å². The summed E-state index contributed by atoms with van der Waals surface area (Å²) in [5, 5.41) is 5.18. The molecule has 2 rings (SSSR count). The lowest BCUT2D eigenvalue weighted by molar-refractivity contribution is -0.132. The van der Waals surface area contributed by atoms with Gasteiger partial charge in [-0.2, -0.15) is 11.8 Å². The van der Waals surface area contributed by atoms with Crippen LogP contribution in [0, 0.1) is 0 Å². The van der Waals surface area contributed by atoms with Crippen molar-refractivity contribution >= 4 is 35.1 Å². The van der Waals surface area contributed by atoms with Gasteiger partial charge < -0.3 is 15.0 Å². The Bertz CT molecular complexity index is 555. The van der Waals surface area contributed by atoms with E-state index < -0.39 is 17.7 Å². The Hall–Kier alpha value is -1.21. The van der Waals surface area contributed by atoms with Gasteiger partial charge in [-0.3, -0.25) is 4.79 Å². The summed E-state index contributed by atoms with van der Waals surface area (Å²) >= 11 is 3.67. The molecule has 1 N–H and O–H groups in total. The molecule has 0 bridgehead atoms. The van der Waals surface area contributed by atoms with Crippen molar-refractivity contribution in [1.82, 2.24) is 10.2 Å². The average Bonchev–Trinajstić information content (AvgIpc) is 2.89. The van der Waals surface area contributed by atoms with Crippen LogP contribution in [0.1, 0.15) is 44.2 Å². The van der Waals surface area contributed by atoms with Gasteiger partial charge in [-0.25, -0.2) is 4.79 Å². The van der Waals surface area contributed by atoms with Crippen molar-refractivity contribution in [3.63, 3.8) is 0 Å². The van der Waals surface area contributed by atoms with Crippen LogP contribution < -0.4 is 5.32 Å². The average molecular weight is 371 g/mol. The zero-order chi connectivity index (χ0) is 17.7. The number of hydrogen-bond donors (Lipinski definition) is 1. The Kier molecular flexibility index (Phi) is 6.57. The lowest BCUT2D eigenvalue weighted by atomic mass is 10.2. The number of hydrogen-bond acceptors (Lipinski definition) is 5. The highest BCUT2D eigenvalue weighted by Gasteiger charge is 2.27. The van der Waals surface area contributed by atoms with Crippen LogP contribution in [0.25, 0.3) is 0 Å². The molecule has 5 nitrogen and oxygen atoms in total. The molecule has 1 saturated heterocycles. The van der Waals surface area contributed by atoms with E-state index in [4.69, 9.17) is 4.74 Å². The Labute approximate surface area is 152 Å². The van der Waals surface area contributed by atoms with Gasteiger partial charge in [0, 0.05) is 29.0 Å². The number of thiophene rings is 1. The molecule has 2 amide bonds. The summed E-state index contributed by atoms with van der Waals surface area (Å²) in [4.78, 5) is 27.6.